The fourth-order valence-corrected chi connectivity index (χ4v) is 1.80. The Bertz CT molecular complexity index is 534. The van der Waals surface area contributed by atoms with E-state index in [1.807, 2.05) is 0 Å². The first-order chi connectivity index (χ1) is 9.79. The molecule has 0 aliphatic heterocycles. The number of alkyl halides is 2. The Balaban J connectivity index is 2.65. The molecule has 0 fully saturated rings. The molecule has 1 atom stereocenters. The number of carboxylic acid groups (broad SMARTS) is 1. The summed E-state index contributed by atoms with van der Waals surface area (Å²) in [6.45, 7) is 0. The maximum Gasteiger partial charge on any atom is 0.326 e. The Morgan fingerprint density at radius 1 is 1.38 bits per heavy atom. The van der Waals surface area contributed by atoms with Gasteiger partial charge in [-0.05, 0) is 12.1 Å². The lowest BCUT2D eigenvalue weighted by atomic mass is 10.2. The highest BCUT2D eigenvalue weighted by Crippen LogP contribution is 2.21. The first kappa shape index (κ1) is 17.0. The zero-order chi connectivity index (χ0) is 16.0. The lowest BCUT2D eigenvalue weighted by Crippen LogP contribution is -2.43. The van der Waals surface area contributed by atoms with Gasteiger partial charge in [0.05, 0.1) is 12.2 Å². The molecule has 0 aliphatic carbocycles. The molecule has 21 heavy (non-hydrogen) atoms. The highest BCUT2D eigenvalue weighted by molar-refractivity contribution is 7.98. The number of hydrogen-bond acceptors (Lipinski definition) is 5. The third-order valence-electron chi connectivity index (χ3n) is 2.25. The average molecular weight is 322 g/mol. The minimum absolute atomic E-state index is 0.130. The second-order valence-corrected chi connectivity index (χ2v) is 4.85. The van der Waals surface area contributed by atoms with Crippen molar-refractivity contribution in [3.63, 3.8) is 0 Å². The van der Waals surface area contributed by atoms with Gasteiger partial charge < -0.3 is 20.6 Å². The molecule has 4 N–H and O–H groups in total. The molecule has 0 aromatic carbocycles. The van der Waals surface area contributed by atoms with Crippen molar-refractivity contribution in [1.82, 2.24) is 5.32 Å². The van der Waals surface area contributed by atoms with Gasteiger partial charge in [-0.2, -0.15) is 8.78 Å². The number of carboxylic acids is 1. The standard InChI is InChI=1S/C11H12F2N2O5S/c12-11(13)21-4-5-1-2-7(20-5)9(17)15-6(10(18)19)3-8(14)16/h1-2,6,11H,3-4H2,(H2,14,16)(H,15,17)(H,18,19)/t6-/m1/s1. The van der Waals surface area contributed by atoms with E-state index in [9.17, 15) is 23.2 Å². The van der Waals surface area contributed by atoms with Gasteiger partial charge in [0.1, 0.15) is 11.8 Å². The predicted octanol–water partition coefficient (Wildman–Crippen LogP) is 0.794. The number of aliphatic carboxylic acids is 1. The van der Waals surface area contributed by atoms with E-state index in [1.165, 1.54) is 12.1 Å². The van der Waals surface area contributed by atoms with Crippen LogP contribution >= 0.6 is 11.8 Å². The summed E-state index contributed by atoms with van der Waals surface area (Å²) in [6.07, 6.45) is -0.574. The van der Waals surface area contributed by atoms with E-state index in [0.29, 0.717) is 11.8 Å². The molecule has 0 radical (unpaired) electrons. The fraction of sp³-hybridized carbons (Fsp3) is 0.364. The lowest BCUT2D eigenvalue weighted by molar-refractivity contribution is -0.140. The number of halogens is 2. The highest BCUT2D eigenvalue weighted by atomic mass is 32.2. The first-order valence-electron chi connectivity index (χ1n) is 5.60. The number of furan rings is 1. The van der Waals surface area contributed by atoms with Crippen LogP contribution in [0.25, 0.3) is 0 Å². The topological polar surface area (TPSA) is 123 Å². The number of nitrogens with two attached hydrogens (primary N) is 1. The van der Waals surface area contributed by atoms with Gasteiger partial charge in [-0.3, -0.25) is 9.59 Å². The van der Waals surface area contributed by atoms with Gasteiger partial charge in [-0.15, -0.1) is 0 Å². The Morgan fingerprint density at radius 3 is 2.57 bits per heavy atom. The van der Waals surface area contributed by atoms with Crippen molar-refractivity contribution in [2.45, 2.75) is 24.0 Å². The molecule has 0 spiro atoms. The van der Waals surface area contributed by atoms with Gasteiger partial charge in [0.15, 0.2) is 5.76 Å². The molecule has 0 saturated carbocycles. The van der Waals surface area contributed by atoms with Crippen molar-refractivity contribution >= 4 is 29.5 Å². The fourth-order valence-electron chi connectivity index (χ4n) is 1.35. The van der Waals surface area contributed by atoms with Crippen LogP contribution in [0, 0.1) is 0 Å². The van der Waals surface area contributed by atoms with Crippen molar-refractivity contribution in [1.29, 1.82) is 0 Å². The van der Waals surface area contributed by atoms with Gasteiger partial charge in [-0.25, -0.2) is 4.79 Å². The molecule has 1 aromatic heterocycles. The number of hydrogen-bond donors (Lipinski definition) is 3. The summed E-state index contributed by atoms with van der Waals surface area (Å²) in [5, 5.41) is 10.9. The van der Waals surface area contributed by atoms with Gasteiger partial charge in [0.25, 0.3) is 11.7 Å². The molecule has 1 heterocycles. The number of rotatable bonds is 8. The van der Waals surface area contributed by atoms with Crippen LogP contribution in [-0.2, 0) is 15.3 Å². The molecule has 1 rings (SSSR count). The molecule has 0 bridgehead atoms. The molecule has 7 nitrogen and oxygen atoms in total. The second-order valence-electron chi connectivity index (χ2n) is 3.87. The highest BCUT2D eigenvalue weighted by Gasteiger charge is 2.24. The summed E-state index contributed by atoms with van der Waals surface area (Å²) in [4.78, 5) is 33.3. The van der Waals surface area contributed by atoms with E-state index in [0.717, 1.165) is 0 Å². The normalized spacial score (nSPS) is 12.1. The van der Waals surface area contributed by atoms with Crippen LogP contribution in [0.15, 0.2) is 16.5 Å². The smallest absolute Gasteiger partial charge is 0.326 e. The van der Waals surface area contributed by atoms with Crippen LogP contribution in [0.3, 0.4) is 0 Å². The van der Waals surface area contributed by atoms with E-state index in [-0.39, 0.29) is 17.3 Å². The maximum atomic E-state index is 12.0. The molecular formula is C11H12F2N2O5S. The largest absolute Gasteiger partial charge is 0.480 e. The maximum absolute atomic E-state index is 12.0. The number of carbonyl (C=O) groups excluding carboxylic acids is 2. The van der Waals surface area contributed by atoms with Gasteiger partial charge in [-0.1, -0.05) is 11.8 Å². The van der Waals surface area contributed by atoms with Crippen molar-refractivity contribution < 1.29 is 32.7 Å². The summed E-state index contributed by atoms with van der Waals surface area (Å²) in [5.74, 6) is -5.99. The average Bonchev–Trinajstić information content (AvgIpc) is 2.83. The second kappa shape index (κ2) is 7.62. The van der Waals surface area contributed by atoms with Crippen LogP contribution in [0.4, 0.5) is 8.78 Å². The minimum atomic E-state index is -2.57. The molecule has 0 saturated heterocycles. The van der Waals surface area contributed by atoms with E-state index < -0.39 is 36.0 Å². The summed E-state index contributed by atoms with van der Waals surface area (Å²) >= 11 is 0.323. The number of carbonyl (C=O) groups is 3. The van der Waals surface area contributed by atoms with Crippen molar-refractivity contribution in [2.24, 2.45) is 5.73 Å². The van der Waals surface area contributed by atoms with Crippen LogP contribution in [0.1, 0.15) is 22.7 Å². The number of primary amides is 1. The number of nitrogens with one attached hydrogen (secondary N) is 1. The molecule has 116 valence electrons. The molecule has 2 amide bonds. The first-order valence-corrected chi connectivity index (χ1v) is 6.65. The summed E-state index contributed by atoms with van der Waals surface area (Å²) in [7, 11) is 0. The molecule has 0 unspecified atom stereocenters. The monoisotopic (exact) mass is 322 g/mol. The van der Waals surface area contributed by atoms with Gasteiger partial charge in [0.2, 0.25) is 5.91 Å². The number of amides is 2. The zero-order valence-electron chi connectivity index (χ0n) is 10.5. The Labute approximate surface area is 121 Å². The van der Waals surface area contributed by atoms with Gasteiger partial charge >= 0.3 is 5.97 Å². The molecular weight excluding hydrogens is 310 g/mol. The Kier molecular flexibility index (Phi) is 6.15. The summed E-state index contributed by atoms with van der Waals surface area (Å²) < 4.78 is 29.0. The van der Waals surface area contributed by atoms with Crippen LogP contribution in [-0.4, -0.2) is 34.7 Å². The zero-order valence-corrected chi connectivity index (χ0v) is 11.4. The van der Waals surface area contributed by atoms with E-state index in [4.69, 9.17) is 15.3 Å². The van der Waals surface area contributed by atoms with Crippen molar-refractivity contribution in [3.8, 4) is 0 Å². The van der Waals surface area contributed by atoms with Crippen molar-refractivity contribution in [3.05, 3.63) is 23.7 Å². The van der Waals surface area contributed by atoms with Crippen LogP contribution < -0.4 is 11.1 Å². The molecule has 0 aliphatic rings. The van der Waals surface area contributed by atoms with Crippen molar-refractivity contribution in [2.75, 3.05) is 0 Å². The lowest BCUT2D eigenvalue weighted by Gasteiger charge is -2.11. The molecule has 10 heteroatoms. The van der Waals surface area contributed by atoms with E-state index in [1.54, 1.807) is 0 Å². The predicted molar refractivity (Wildman–Crippen MR) is 68.7 cm³/mol. The van der Waals surface area contributed by atoms with Crippen LogP contribution in [0.5, 0.6) is 0 Å². The van der Waals surface area contributed by atoms with E-state index in [2.05, 4.69) is 5.32 Å². The van der Waals surface area contributed by atoms with E-state index >= 15 is 0 Å². The Morgan fingerprint density at radius 2 is 2.05 bits per heavy atom. The van der Waals surface area contributed by atoms with Gasteiger partial charge in [0, 0.05) is 0 Å². The quantitative estimate of drug-likeness (QED) is 0.650. The SMILES string of the molecule is NC(=O)C[C@@H](NC(=O)c1ccc(CSC(F)F)o1)C(=O)O. The third-order valence-corrected chi connectivity index (χ3v) is 2.95. The Hall–Kier alpha value is -2.10. The summed E-state index contributed by atoms with van der Waals surface area (Å²) in [5.41, 5.74) is 4.87. The minimum Gasteiger partial charge on any atom is -0.480 e. The third kappa shape index (κ3) is 5.81. The number of thioether (sulfide) groups is 1. The summed E-state index contributed by atoms with van der Waals surface area (Å²) in [6, 6.07) is 1.06. The molecule has 1 aromatic rings. The van der Waals surface area contributed by atoms with Crippen LogP contribution in [0.2, 0.25) is 0 Å².